The van der Waals surface area contributed by atoms with Crippen molar-refractivity contribution in [2.45, 2.75) is 68.9 Å². The highest BCUT2D eigenvalue weighted by Crippen LogP contribution is 2.58. The maximum Gasteiger partial charge on any atom is 0.310 e. The molecule has 3 aliphatic heterocycles. The highest BCUT2D eigenvalue weighted by molar-refractivity contribution is 7.87. The van der Waals surface area contributed by atoms with Crippen LogP contribution in [-0.2, 0) is 38.1 Å². The van der Waals surface area contributed by atoms with Crippen LogP contribution in [0.25, 0.3) is 0 Å². The van der Waals surface area contributed by atoms with Crippen LogP contribution < -0.4 is 0 Å². The quantitative estimate of drug-likeness (QED) is 0.507. The fraction of sp³-hybridized carbons (Fsp3) is 0.882. The van der Waals surface area contributed by atoms with Crippen LogP contribution in [0.4, 0.5) is 0 Å². The third kappa shape index (κ3) is 2.23. The molecule has 0 radical (unpaired) electrons. The standard InChI is InChI=1S/C17H22O8S/c1-6-3-11-15(22-6)14(25-26(11,20)21)7(2)23-16(18)12-8-4-9-10(5-8)24-17(19)13(9)12/h6-15H,3-5H2,1-2H3. The SMILES string of the molecule is CC1CC2C(O1)C(C(C)OC(=O)C1C3CC4OC(=O)C1C4C3)OS2(=O)=O. The van der Waals surface area contributed by atoms with Crippen LogP contribution in [0.15, 0.2) is 0 Å². The van der Waals surface area contributed by atoms with Crippen LogP contribution in [0.2, 0.25) is 0 Å². The summed E-state index contributed by atoms with van der Waals surface area (Å²) in [6.45, 7) is 3.44. The van der Waals surface area contributed by atoms with Gasteiger partial charge in [0.15, 0.2) is 0 Å². The van der Waals surface area contributed by atoms with E-state index < -0.39 is 51.5 Å². The minimum Gasteiger partial charge on any atom is -0.462 e. The van der Waals surface area contributed by atoms with Gasteiger partial charge in [0.2, 0.25) is 0 Å². The summed E-state index contributed by atoms with van der Waals surface area (Å²) in [5.74, 6) is -1.45. The average Bonchev–Trinajstić information content (AvgIpc) is 3.28. The zero-order valence-corrected chi connectivity index (χ0v) is 15.4. The summed E-state index contributed by atoms with van der Waals surface area (Å²) in [6.07, 6.45) is -0.563. The summed E-state index contributed by atoms with van der Waals surface area (Å²) < 4.78 is 46.2. The van der Waals surface area contributed by atoms with E-state index in [0.717, 1.165) is 6.42 Å². The van der Waals surface area contributed by atoms with Gasteiger partial charge in [-0.3, -0.25) is 13.8 Å². The van der Waals surface area contributed by atoms with E-state index in [2.05, 4.69) is 0 Å². The van der Waals surface area contributed by atoms with E-state index in [-0.39, 0.29) is 30.0 Å². The molecule has 144 valence electrons. The van der Waals surface area contributed by atoms with Gasteiger partial charge in [-0.25, -0.2) is 0 Å². The minimum atomic E-state index is -3.72. The van der Waals surface area contributed by atoms with E-state index in [1.165, 1.54) is 0 Å². The van der Waals surface area contributed by atoms with E-state index in [0.29, 0.717) is 12.8 Å². The predicted octanol–water partition coefficient (Wildman–Crippen LogP) is 0.390. The summed E-state index contributed by atoms with van der Waals surface area (Å²) in [5.41, 5.74) is 0. The summed E-state index contributed by atoms with van der Waals surface area (Å²) >= 11 is 0. The molecule has 0 spiro atoms. The molecule has 2 bridgehead atoms. The van der Waals surface area contributed by atoms with Crippen molar-refractivity contribution in [3.8, 4) is 0 Å². The van der Waals surface area contributed by atoms with E-state index in [1.807, 2.05) is 6.92 Å². The largest absolute Gasteiger partial charge is 0.462 e. The molecule has 3 saturated heterocycles. The highest BCUT2D eigenvalue weighted by atomic mass is 32.2. The molecule has 0 amide bonds. The van der Waals surface area contributed by atoms with E-state index in [9.17, 15) is 18.0 Å². The van der Waals surface area contributed by atoms with Gasteiger partial charge in [-0.05, 0) is 39.0 Å². The van der Waals surface area contributed by atoms with Gasteiger partial charge in [0.25, 0.3) is 10.1 Å². The number of carbonyl (C=O) groups excluding carboxylic acids is 2. The molecule has 3 heterocycles. The average molecular weight is 386 g/mol. The number of hydrogen-bond acceptors (Lipinski definition) is 8. The van der Waals surface area contributed by atoms with Crippen LogP contribution in [0.3, 0.4) is 0 Å². The highest BCUT2D eigenvalue weighted by Gasteiger charge is 2.65. The van der Waals surface area contributed by atoms with Crippen LogP contribution in [0.1, 0.15) is 33.1 Å². The summed E-state index contributed by atoms with van der Waals surface area (Å²) in [6, 6.07) is 0. The van der Waals surface area contributed by atoms with Crippen molar-refractivity contribution in [3.63, 3.8) is 0 Å². The number of carbonyl (C=O) groups is 2. The first-order valence-electron chi connectivity index (χ1n) is 9.25. The van der Waals surface area contributed by atoms with Gasteiger partial charge >= 0.3 is 11.9 Å². The fourth-order valence-electron chi connectivity index (χ4n) is 5.72. The first-order valence-corrected chi connectivity index (χ1v) is 10.7. The molecule has 0 aromatic heterocycles. The number of fused-ring (bicyclic) bond motifs is 2. The van der Waals surface area contributed by atoms with Crippen molar-refractivity contribution in [1.29, 1.82) is 0 Å². The van der Waals surface area contributed by atoms with Crippen molar-refractivity contribution < 1.29 is 36.4 Å². The van der Waals surface area contributed by atoms with Crippen LogP contribution in [0.5, 0.6) is 0 Å². The molecule has 5 aliphatic rings. The molecule has 0 aromatic rings. The topological polar surface area (TPSA) is 105 Å². The van der Waals surface area contributed by atoms with Crippen molar-refractivity contribution in [3.05, 3.63) is 0 Å². The maximum absolute atomic E-state index is 12.8. The van der Waals surface area contributed by atoms with Crippen molar-refractivity contribution >= 4 is 22.1 Å². The normalized spacial score (nSPS) is 51.3. The van der Waals surface area contributed by atoms with Crippen LogP contribution in [0, 0.1) is 23.7 Å². The molecule has 8 nitrogen and oxygen atoms in total. The van der Waals surface area contributed by atoms with Crippen molar-refractivity contribution in [2.24, 2.45) is 23.7 Å². The lowest BCUT2D eigenvalue weighted by atomic mass is 9.80. The Labute approximate surface area is 151 Å². The number of ether oxygens (including phenoxy) is 3. The lowest BCUT2D eigenvalue weighted by molar-refractivity contribution is -0.166. The molecule has 10 unspecified atom stereocenters. The van der Waals surface area contributed by atoms with Crippen LogP contribution >= 0.6 is 0 Å². The molecule has 0 aromatic carbocycles. The van der Waals surface area contributed by atoms with E-state index >= 15 is 0 Å². The number of rotatable bonds is 3. The molecule has 2 saturated carbocycles. The van der Waals surface area contributed by atoms with Gasteiger partial charge in [0.05, 0.1) is 17.9 Å². The molecular weight excluding hydrogens is 364 g/mol. The van der Waals surface area contributed by atoms with E-state index in [4.69, 9.17) is 18.4 Å². The van der Waals surface area contributed by atoms with Gasteiger partial charge in [-0.15, -0.1) is 0 Å². The van der Waals surface area contributed by atoms with Gasteiger partial charge in [0.1, 0.15) is 29.7 Å². The maximum atomic E-state index is 12.8. The van der Waals surface area contributed by atoms with Gasteiger partial charge in [-0.1, -0.05) is 0 Å². The predicted molar refractivity (Wildman–Crippen MR) is 85.2 cm³/mol. The molecule has 5 fully saturated rings. The molecule has 26 heavy (non-hydrogen) atoms. The monoisotopic (exact) mass is 386 g/mol. The Morgan fingerprint density at radius 1 is 1.27 bits per heavy atom. The number of esters is 2. The Bertz CT molecular complexity index is 761. The molecule has 9 heteroatoms. The lowest BCUT2D eigenvalue weighted by Crippen LogP contribution is -2.41. The molecule has 0 N–H and O–H groups in total. The lowest BCUT2D eigenvalue weighted by Gasteiger charge is -2.27. The molecule has 10 atom stereocenters. The summed E-state index contributed by atoms with van der Waals surface area (Å²) in [5, 5.41) is -0.711. The van der Waals surface area contributed by atoms with Crippen molar-refractivity contribution in [2.75, 3.05) is 0 Å². The van der Waals surface area contributed by atoms with Gasteiger partial charge in [0, 0.05) is 5.92 Å². The Kier molecular flexibility index (Phi) is 3.53. The fourth-order valence-corrected chi connectivity index (χ4v) is 7.50. The molecule has 5 rings (SSSR count). The summed E-state index contributed by atoms with van der Waals surface area (Å²) in [7, 11) is -3.72. The third-order valence-corrected chi connectivity index (χ3v) is 8.47. The third-order valence-electron chi connectivity index (χ3n) is 6.78. The molecular formula is C17H22O8S. The Morgan fingerprint density at radius 3 is 2.81 bits per heavy atom. The second-order valence-electron chi connectivity index (χ2n) is 8.30. The minimum absolute atomic E-state index is 0.0450. The Balaban J connectivity index is 1.31. The second kappa shape index (κ2) is 5.42. The van der Waals surface area contributed by atoms with Gasteiger partial charge in [-0.2, -0.15) is 8.42 Å². The van der Waals surface area contributed by atoms with Crippen molar-refractivity contribution in [1.82, 2.24) is 0 Å². The Morgan fingerprint density at radius 2 is 2.04 bits per heavy atom. The zero-order valence-electron chi connectivity index (χ0n) is 14.6. The summed E-state index contributed by atoms with van der Waals surface area (Å²) in [4.78, 5) is 24.8. The first kappa shape index (κ1) is 16.9. The zero-order chi connectivity index (χ0) is 18.4. The van der Waals surface area contributed by atoms with Gasteiger partial charge < -0.3 is 14.2 Å². The van der Waals surface area contributed by atoms with E-state index in [1.54, 1.807) is 6.92 Å². The number of hydrogen-bond donors (Lipinski definition) is 0. The smallest absolute Gasteiger partial charge is 0.310 e. The van der Waals surface area contributed by atoms with Crippen LogP contribution in [-0.4, -0.2) is 56.1 Å². The second-order valence-corrected chi connectivity index (χ2v) is 10.1. The molecule has 2 aliphatic carbocycles. The Hall–Kier alpha value is -1.19. The first-order chi connectivity index (χ1) is 12.3.